The number of methoxy groups -OCH3 is 1. The minimum Gasteiger partial charge on any atom is -0.465 e. The molecular formula is C7H6FNO2. The lowest BCUT2D eigenvalue weighted by Crippen LogP contribution is -2.01. The summed E-state index contributed by atoms with van der Waals surface area (Å²) >= 11 is 0. The maximum atomic E-state index is 12.3. The second kappa shape index (κ2) is 3.09. The number of carbonyl (C=O) groups excluding carboxylic acids is 1. The van der Waals surface area contributed by atoms with Crippen molar-refractivity contribution in [3.05, 3.63) is 29.8 Å². The van der Waals surface area contributed by atoms with Gasteiger partial charge < -0.3 is 4.74 Å². The minimum absolute atomic E-state index is 0.167. The molecule has 3 nitrogen and oxygen atoms in total. The smallest absolute Gasteiger partial charge is 0.338 e. The summed E-state index contributed by atoms with van der Waals surface area (Å²) in [6.07, 6.45) is 1.21. The van der Waals surface area contributed by atoms with Crippen molar-refractivity contribution in [3.8, 4) is 0 Å². The number of carbonyl (C=O) groups is 1. The number of hydrogen-bond acceptors (Lipinski definition) is 3. The molecule has 1 rings (SSSR count). The number of pyridine rings is 1. The van der Waals surface area contributed by atoms with Crippen molar-refractivity contribution in [2.45, 2.75) is 0 Å². The Labute approximate surface area is 62.8 Å². The van der Waals surface area contributed by atoms with Gasteiger partial charge in [0.25, 0.3) is 0 Å². The van der Waals surface area contributed by atoms with Crippen LogP contribution in [0.4, 0.5) is 4.39 Å². The summed E-state index contributed by atoms with van der Waals surface area (Å²) in [6, 6.07) is 2.40. The van der Waals surface area contributed by atoms with Gasteiger partial charge in [-0.3, -0.25) is 0 Å². The van der Waals surface area contributed by atoms with Crippen molar-refractivity contribution < 1.29 is 13.9 Å². The predicted molar refractivity (Wildman–Crippen MR) is 35.5 cm³/mol. The number of esters is 1. The molecule has 58 valence electrons. The van der Waals surface area contributed by atoms with Crippen LogP contribution in [0.5, 0.6) is 0 Å². The van der Waals surface area contributed by atoms with Gasteiger partial charge in [0, 0.05) is 12.3 Å². The fourth-order valence-electron chi connectivity index (χ4n) is 0.647. The van der Waals surface area contributed by atoms with E-state index in [2.05, 4.69) is 9.72 Å². The fourth-order valence-corrected chi connectivity index (χ4v) is 0.647. The molecule has 0 amide bonds. The van der Waals surface area contributed by atoms with E-state index >= 15 is 0 Å². The van der Waals surface area contributed by atoms with Crippen LogP contribution in [0, 0.1) is 5.95 Å². The molecule has 1 heterocycles. The standard InChI is InChI=1S/C7H6FNO2/c1-11-7(10)5-2-3-9-6(8)4-5/h2-4H,1H3. The zero-order valence-electron chi connectivity index (χ0n) is 5.87. The van der Waals surface area contributed by atoms with Crippen LogP contribution in [0.25, 0.3) is 0 Å². The minimum atomic E-state index is -0.687. The average molecular weight is 155 g/mol. The first-order valence-electron chi connectivity index (χ1n) is 2.94. The van der Waals surface area contributed by atoms with Gasteiger partial charge in [0.1, 0.15) is 0 Å². The highest BCUT2D eigenvalue weighted by Crippen LogP contribution is 2.01. The van der Waals surface area contributed by atoms with Crippen molar-refractivity contribution in [1.29, 1.82) is 0 Å². The van der Waals surface area contributed by atoms with Crippen LogP contribution in [0.15, 0.2) is 18.3 Å². The molecule has 0 N–H and O–H groups in total. The molecule has 0 unspecified atom stereocenters. The number of rotatable bonds is 1. The highest BCUT2D eigenvalue weighted by atomic mass is 19.1. The Hall–Kier alpha value is -1.45. The van der Waals surface area contributed by atoms with Crippen LogP contribution in [0.1, 0.15) is 10.4 Å². The van der Waals surface area contributed by atoms with Gasteiger partial charge in [0.2, 0.25) is 5.95 Å². The maximum Gasteiger partial charge on any atom is 0.338 e. The molecule has 0 fully saturated rings. The van der Waals surface area contributed by atoms with E-state index in [-0.39, 0.29) is 5.56 Å². The molecule has 0 aliphatic heterocycles. The normalized spacial score (nSPS) is 9.27. The van der Waals surface area contributed by atoms with Crippen LogP contribution >= 0.6 is 0 Å². The average Bonchev–Trinajstić information content (AvgIpc) is 2.03. The zero-order valence-corrected chi connectivity index (χ0v) is 5.87. The quantitative estimate of drug-likeness (QED) is 0.448. The molecule has 0 saturated heterocycles. The van der Waals surface area contributed by atoms with Crippen LogP contribution < -0.4 is 0 Å². The summed E-state index contributed by atoms with van der Waals surface area (Å²) in [4.78, 5) is 14.0. The van der Waals surface area contributed by atoms with Gasteiger partial charge in [-0.25, -0.2) is 9.78 Å². The Morgan fingerprint density at radius 1 is 1.73 bits per heavy atom. The zero-order chi connectivity index (χ0) is 8.27. The van der Waals surface area contributed by atoms with Gasteiger partial charge in [0.05, 0.1) is 12.7 Å². The van der Waals surface area contributed by atoms with Crippen LogP contribution in [-0.2, 0) is 4.74 Å². The fraction of sp³-hybridized carbons (Fsp3) is 0.143. The van der Waals surface area contributed by atoms with Gasteiger partial charge >= 0.3 is 5.97 Å². The SMILES string of the molecule is COC(=O)c1ccnc(F)c1. The largest absolute Gasteiger partial charge is 0.465 e. The van der Waals surface area contributed by atoms with Gasteiger partial charge in [-0.2, -0.15) is 4.39 Å². The predicted octanol–water partition coefficient (Wildman–Crippen LogP) is 1.01. The van der Waals surface area contributed by atoms with E-state index in [4.69, 9.17) is 0 Å². The second-order valence-electron chi connectivity index (χ2n) is 1.86. The van der Waals surface area contributed by atoms with Crippen molar-refractivity contribution >= 4 is 5.97 Å². The summed E-state index contributed by atoms with van der Waals surface area (Å²) in [5, 5.41) is 0. The third-order valence-electron chi connectivity index (χ3n) is 1.15. The van der Waals surface area contributed by atoms with Gasteiger partial charge in [-0.1, -0.05) is 0 Å². The Kier molecular flexibility index (Phi) is 2.15. The monoisotopic (exact) mass is 155 g/mol. The van der Waals surface area contributed by atoms with Crippen molar-refractivity contribution in [1.82, 2.24) is 4.98 Å². The van der Waals surface area contributed by atoms with E-state index in [1.54, 1.807) is 0 Å². The number of aromatic nitrogens is 1. The number of halogens is 1. The molecule has 0 radical (unpaired) electrons. The van der Waals surface area contributed by atoms with Gasteiger partial charge in [-0.05, 0) is 6.07 Å². The summed E-state index contributed by atoms with van der Waals surface area (Å²) in [7, 11) is 1.24. The van der Waals surface area contributed by atoms with E-state index < -0.39 is 11.9 Å². The van der Waals surface area contributed by atoms with Gasteiger partial charge in [-0.15, -0.1) is 0 Å². The first-order chi connectivity index (χ1) is 5.24. The molecule has 1 aromatic rings. The molecule has 0 spiro atoms. The molecule has 11 heavy (non-hydrogen) atoms. The first-order valence-corrected chi connectivity index (χ1v) is 2.94. The van der Waals surface area contributed by atoms with E-state index in [0.717, 1.165) is 6.07 Å². The summed E-state index contributed by atoms with van der Waals surface area (Å²) in [5.74, 6) is -1.25. The highest BCUT2D eigenvalue weighted by Gasteiger charge is 2.04. The summed E-state index contributed by atoms with van der Waals surface area (Å²) < 4.78 is 16.7. The summed E-state index contributed by atoms with van der Waals surface area (Å²) in [5.41, 5.74) is 0.167. The lowest BCUT2D eigenvalue weighted by Gasteiger charge is -1.96. The lowest BCUT2D eigenvalue weighted by molar-refractivity contribution is 0.0600. The topological polar surface area (TPSA) is 39.2 Å². The molecule has 0 aliphatic rings. The van der Waals surface area contributed by atoms with Crippen molar-refractivity contribution in [2.24, 2.45) is 0 Å². The third kappa shape index (κ3) is 1.73. The number of nitrogens with zero attached hydrogens (tertiary/aromatic N) is 1. The Morgan fingerprint density at radius 2 is 2.45 bits per heavy atom. The van der Waals surface area contributed by atoms with Crippen LogP contribution in [-0.4, -0.2) is 18.1 Å². The molecule has 0 bridgehead atoms. The van der Waals surface area contributed by atoms with E-state index in [0.29, 0.717) is 0 Å². The molecule has 0 atom stereocenters. The Balaban J connectivity index is 2.96. The van der Waals surface area contributed by atoms with Crippen LogP contribution in [0.2, 0.25) is 0 Å². The molecule has 4 heteroatoms. The Bertz CT molecular complexity index is 275. The Morgan fingerprint density at radius 3 is 3.00 bits per heavy atom. The molecule has 0 aromatic carbocycles. The van der Waals surface area contributed by atoms with E-state index in [1.165, 1.54) is 19.4 Å². The number of ether oxygens (including phenoxy) is 1. The maximum absolute atomic E-state index is 12.3. The third-order valence-corrected chi connectivity index (χ3v) is 1.15. The number of hydrogen-bond donors (Lipinski definition) is 0. The van der Waals surface area contributed by atoms with E-state index in [1.807, 2.05) is 0 Å². The van der Waals surface area contributed by atoms with Crippen molar-refractivity contribution in [2.75, 3.05) is 7.11 Å². The van der Waals surface area contributed by atoms with Gasteiger partial charge in [0.15, 0.2) is 0 Å². The lowest BCUT2D eigenvalue weighted by atomic mass is 10.3. The molecule has 0 aliphatic carbocycles. The summed E-state index contributed by atoms with van der Waals surface area (Å²) in [6.45, 7) is 0. The first kappa shape index (κ1) is 7.65. The molecular weight excluding hydrogens is 149 g/mol. The second-order valence-corrected chi connectivity index (χ2v) is 1.86. The van der Waals surface area contributed by atoms with Crippen molar-refractivity contribution in [3.63, 3.8) is 0 Å². The van der Waals surface area contributed by atoms with Crippen LogP contribution in [0.3, 0.4) is 0 Å². The molecule has 0 saturated carbocycles. The van der Waals surface area contributed by atoms with E-state index in [9.17, 15) is 9.18 Å². The molecule has 1 aromatic heterocycles. The highest BCUT2D eigenvalue weighted by molar-refractivity contribution is 5.88.